The fraction of sp³-hybridized carbons (Fsp3) is 0.267. The molecular formula is C15H15BrClN3O3S. The van der Waals surface area contributed by atoms with Crippen LogP contribution in [0.5, 0.6) is 0 Å². The first-order chi connectivity index (χ1) is 11.4. The molecule has 1 aromatic heterocycles. The third-order valence-electron chi connectivity index (χ3n) is 3.84. The summed E-state index contributed by atoms with van der Waals surface area (Å²) in [5.41, 5.74) is 0.406. The standard InChI is InChI=1S/C15H15BrClN3O3S/c16-11-2-1-3-13(8-11)24(22,23)20-6-4-19(5-7-20)15(21)14-9-12(17)10-18-14/h1-3,8-10,18H,4-7H2. The number of sulfonamides is 1. The average molecular weight is 433 g/mol. The van der Waals surface area contributed by atoms with Gasteiger partial charge in [-0.2, -0.15) is 4.31 Å². The second-order valence-corrected chi connectivity index (χ2v) is 8.68. The number of halogens is 2. The van der Waals surface area contributed by atoms with Gasteiger partial charge in [0.2, 0.25) is 10.0 Å². The molecule has 0 spiro atoms. The summed E-state index contributed by atoms with van der Waals surface area (Å²) in [5.74, 6) is -0.179. The van der Waals surface area contributed by atoms with Gasteiger partial charge in [0.1, 0.15) is 5.69 Å². The molecule has 6 nitrogen and oxygen atoms in total. The van der Waals surface area contributed by atoms with E-state index in [0.29, 0.717) is 28.3 Å². The molecule has 1 N–H and O–H groups in total. The smallest absolute Gasteiger partial charge is 0.270 e. The number of aromatic nitrogens is 1. The molecule has 0 aliphatic carbocycles. The quantitative estimate of drug-likeness (QED) is 0.810. The highest BCUT2D eigenvalue weighted by molar-refractivity contribution is 9.10. The Morgan fingerprint density at radius 1 is 1.17 bits per heavy atom. The Labute approximate surface area is 153 Å². The molecule has 0 bridgehead atoms. The lowest BCUT2D eigenvalue weighted by molar-refractivity contribution is 0.0692. The summed E-state index contributed by atoms with van der Waals surface area (Å²) in [6.45, 7) is 1.19. The van der Waals surface area contributed by atoms with Gasteiger partial charge in [-0.05, 0) is 24.3 Å². The number of rotatable bonds is 3. The van der Waals surface area contributed by atoms with Crippen molar-refractivity contribution in [3.63, 3.8) is 0 Å². The number of piperazine rings is 1. The molecule has 3 rings (SSSR count). The van der Waals surface area contributed by atoms with Crippen molar-refractivity contribution in [1.29, 1.82) is 0 Å². The van der Waals surface area contributed by atoms with E-state index in [1.54, 1.807) is 41.4 Å². The molecule has 2 aromatic rings. The van der Waals surface area contributed by atoms with Crippen LogP contribution in [0.15, 0.2) is 45.9 Å². The third-order valence-corrected chi connectivity index (χ3v) is 6.44. The van der Waals surface area contributed by atoms with Crippen LogP contribution < -0.4 is 0 Å². The second kappa shape index (κ2) is 6.87. The van der Waals surface area contributed by atoms with Gasteiger partial charge in [0.05, 0.1) is 9.92 Å². The van der Waals surface area contributed by atoms with Gasteiger partial charge in [0, 0.05) is 36.8 Å². The molecule has 1 saturated heterocycles. The van der Waals surface area contributed by atoms with Crippen LogP contribution in [-0.2, 0) is 10.0 Å². The number of carbonyl (C=O) groups is 1. The predicted molar refractivity (Wildman–Crippen MR) is 94.6 cm³/mol. The van der Waals surface area contributed by atoms with Crippen LogP contribution in [-0.4, -0.2) is 54.7 Å². The number of amides is 1. The molecule has 9 heteroatoms. The largest absolute Gasteiger partial charge is 0.356 e. The molecule has 24 heavy (non-hydrogen) atoms. The average Bonchev–Trinajstić information content (AvgIpc) is 3.01. The zero-order valence-electron chi connectivity index (χ0n) is 12.6. The molecule has 0 saturated carbocycles. The Bertz CT molecular complexity index is 860. The van der Waals surface area contributed by atoms with Crippen molar-refractivity contribution < 1.29 is 13.2 Å². The van der Waals surface area contributed by atoms with Crippen LogP contribution in [0.25, 0.3) is 0 Å². The number of aromatic amines is 1. The van der Waals surface area contributed by atoms with Crippen LogP contribution >= 0.6 is 27.5 Å². The molecule has 0 radical (unpaired) electrons. The molecule has 128 valence electrons. The number of nitrogens with one attached hydrogen (secondary N) is 1. The first-order valence-electron chi connectivity index (χ1n) is 7.27. The highest BCUT2D eigenvalue weighted by Crippen LogP contribution is 2.21. The maximum absolute atomic E-state index is 12.7. The van der Waals surface area contributed by atoms with Gasteiger partial charge in [-0.1, -0.05) is 33.6 Å². The first-order valence-corrected chi connectivity index (χ1v) is 9.88. The Balaban J connectivity index is 1.69. The van der Waals surface area contributed by atoms with Crippen LogP contribution in [0.2, 0.25) is 5.02 Å². The molecule has 0 atom stereocenters. The summed E-state index contributed by atoms with van der Waals surface area (Å²) in [7, 11) is -3.56. The van der Waals surface area contributed by atoms with Crippen molar-refractivity contribution in [1.82, 2.24) is 14.2 Å². The molecule has 1 amide bonds. The van der Waals surface area contributed by atoms with Crippen molar-refractivity contribution in [2.75, 3.05) is 26.2 Å². The monoisotopic (exact) mass is 431 g/mol. The van der Waals surface area contributed by atoms with E-state index in [9.17, 15) is 13.2 Å². The van der Waals surface area contributed by atoms with E-state index in [1.807, 2.05) is 0 Å². The van der Waals surface area contributed by atoms with Crippen LogP contribution in [0, 0.1) is 0 Å². The lowest BCUT2D eigenvalue weighted by atomic mass is 10.3. The fourth-order valence-electron chi connectivity index (χ4n) is 2.57. The topological polar surface area (TPSA) is 73.5 Å². The Kier molecular flexibility index (Phi) is 5.00. The Morgan fingerprint density at radius 2 is 1.88 bits per heavy atom. The number of hydrogen-bond donors (Lipinski definition) is 1. The van der Waals surface area contributed by atoms with Gasteiger partial charge < -0.3 is 9.88 Å². The third kappa shape index (κ3) is 3.51. The number of H-pyrrole nitrogens is 1. The van der Waals surface area contributed by atoms with Crippen molar-refractivity contribution in [2.45, 2.75) is 4.90 Å². The van der Waals surface area contributed by atoms with Crippen LogP contribution in [0.4, 0.5) is 0 Å². The normalized spacial score (nSPS) is 16.3. The predicted octanol–water partition coefficient (Wildman–Crippen LogP) is 2.58. The SMILES string of the molecule is O=C(c1cc(Cl)c[nH]1)N1CCN(S(=O)(=O)c2cccc(Br)c2)CC1. The zero-order chi connectivity index (χ0) is 17.3. The molecule has 1 fully saturated rings. The Hall–Kier alpha value is -1.35. The first kappa shape index (κ1) is 17.5. The number of hydrogen-bond acceptors (Lipinski definition) is 3. The van der Waals surface area contributed by atoms with Gasteiger partial charge in [0.25, 0.3) is 5.91 Å². The van der Waals surface area contributed by atoms with Crippen molar-refractivity contribution >= 4 is 43.5 Å². The minimum absolute atomic E-state index is 0.179. The molecule has 2 heterocycles. The molecular weight excluding hydrogens is 418 g/mol. The summed E-state index contributed by atoms with van der Waals surface area (Å²) in [5, 5.41) is 0.467. The minimum Gasteiger partial charge on any atom is -0.356 e. The summed E-state index contributed by atoms with van der Waals surface area (Å²) < 4.78 is 27.4. The van der Waals surface area contributed by atoms with Gasteiger partial charge in [-0.3, -0.25) is 4.79 Å². The van der Waals surface area contributed by atoms with Gasteiger partial charge in [0.15, 0.2) is 0 Å². The van der Waals surface area contributed by atoms with Crippen molar-refractivity contribution in [3.8, 4) is 0 Å². The lowest BCUT2D eigenvalue weighted by Crippen LogP contribution is -2.50. The minimum atomic E-state index is -3.56. The number of benzene rings is 1. The van der Waals surface area contributed by atoms with E-state index >= 15 is 0 Å². The molecule has 0 unspecified atom stereocenters. The van der Waals surface area contributed by atoms with Crippen LogP contribution in [0.3, 0.4) is 0 Å². The van der Waals surface area contributed by atoms with Crippen molar-refractivity contribution in [3.05, 3.63) is 51.7 Å². The van der Waals surface area contributed by atoms with E-state index < -0.39 is 10.0 Å². The lowest BCUT2D eigenvalue weighted by Gasteiger charge is -2.33. The maximum Gasteiger partial charge on any atom is 0.270 e. The van der Waals surface area contributed by atoms with Crippen molar-refractivity contribution in [2.24, 2.45) is 0 Å². The number of nitrogens with zero attached hydrogens (tertiary/aromatic N) is 2. The highest BCUT2D eigenvalue weighted by atomic mass is 79.9. The van der Waals surface area contributed by atoms with E-state index in [4.69, 9.17) is 11.6 Å². The van der Waals surface area contributed by atoms with E-state index in [-0.39, 0.29) is 23.9 Å². The van der Waals surface area contributed by atoms with Gasteiger partial charge in [-0.25, -0.2) is 8.42 Å². The van der Waals surface area contributed by atoms with E-state index in [0.717, 1.165) is 0 Å². The zero-order valence-corrected chi connectivity index (χ0v) is 15.7. The second-order valence-electron chi connectivity index (χ2n) is 5.39. The molecule has 1 aromatic carbocycles. The highest BCUT2D eigenvalue weighted by Gasteiger charge is 2.30. The van der Waals surface area contributed by atoms with Crippen LogP contribution in [0.1, 0.15) is 10.5 Å². The Morgan fingerprint density at radius 3 is 2.46 bits per heavy atom. The summed E-state index contributed by atoms with van der Waals surface area (Å²) in [6.07, 6.45) is 1.54. The van der Waals surface area contributed by atoms with Gasteiger partial charge in [-0.15, -0.1) is 0 Å². The van der Waals surface area contributed by atoms with E-state index in [1.165, 1.54) is 4.31 Å². The van der Waals surface area contributed by atoms with E-state index in [2.05, 4.69) is 20.9 Å². The summed E-state index contributed by atoms with van der Waals surface area (Å²) >= 11 is 9.10. The molecule has 1 aliphatic heterocycles. The summed E-state index contributed by atoms with van der Waals surface area (Å²) in [6, 6.07) is 8.17. The fourth-order valence-corrected chi connectivity index (χ4v) is 4.75. The number of carbonyl (C=O) groups excluding carboxylic acids is 1. The molecule has 1 aliphatic rings. The summed E-state index contributed by atoms with van der Waals surface area (Å²) in [4.78, 5) is 17.0. The maximum atomic E-state index is 12.7. The van der Waals surface area contributed by atoms with Gasteiger partial charge >= 0.3 is 0 Å².